The smallest absolute Gasteiger partial charge is 0.333 e. The van der Waals surface area contributed by atoms with E-state index in [1.54, 1.807) is 26.8 Å². The number of hydrogen-bond acceptors (Lipinski definition) is 5. The number of aliphatic hydroxyl groups is 1. The Morgan fingerprint density at radius 1 is 1.44 bits per heavy atom. The van der Waals surface area contributed by atoms with Gasteiger partial charge >= 0.3 is 11.9 Å². The highest BCUT2D eigenvalue weighted by Gasteiger charge is 2.57. The van der Waals surface area contributed by atoms with Crippen LogP contribution in [0.2, 0.25) is 0 Å². The van der Waals surface area contributed by atoms with Crippen LogP contribution >= 0.6 is 0 Å². The number of rotatable bonds is 2. The van der Waals surface area contributed by atoms with Gasteiger partial charge < -0.3 is 14.6 Å². The lowest BCUT2D eigenvalue weighted by Crippen LogP contribution is -2.44. The molecule has 7 atom stereocenters. The summed E-state index contributed by atoms with van der Waals surface area (Å²) in [4.78, 5) is 24.1. The third kappa shape index (κ3) is 2.92. The first-order chi connectivity index (χ1) is 11.7. The fraction of sp³-hybridized carbons (Fsp3) is 0.700. The Bertz CT molecular complexity index is 644. The second-order valence-electron chi connectivity index (χ2n) is 8.04. The number of carbonyl (C=O) groups excluding carboxylic acids is 2. The molecule has 3 aliphatic rings. The molecule has 1 aliphatic heterocycles. The predicted octanol–water partition coefficient (Wildman–Crippen LogP) is 2.78. The van der Waals surface area contributed by atoms with Crippen molar-refractivity contribution in [1.82, 2.24) is 0 Å². The summed E-state index contributed by atoms with van der Waals surface area (Å²) in [6.07, 6.45) is 4.30. The molecule has 0 bridgehead atoms. The van der Waals surface area contributed by atoms with Gasteiger partial charge in [-0.3, -0.25) is 4.79 Å². The Balaban J connectivity index is 1.87. The highest BCUT2D eigenvalue weighted by Crippen LogP contribution is 2.52. The zero-order valence-electron chi connectivity index (χ0n) is 15.6. The maximum absolute atomic E-state index is 12.2. The van der Waals surface area contributed by atoms with E-state index in [2.05, 4.69) is 0 Å². The minimum absolute atomic E-state index is 0.0561. The molecule has 0 radical (unpaired) electrons. The zero-order chi connectivity index (χ0) is 18.5. The van der Waals surface area contributed by atoms with Crippen LogP contribution < -0.4 is 0 Å². The minimum Gasteiger partial charge on any atom is -0.458 e. The molecule has 5 heteroatoms. The topological polar surface area (TPSA) is 72.8 Å². The predicted molar refractivity (Wildman–Crippen MR) is 92.4 cm³/mol. The molecule has 2 fully saturated rings. The number of esters is 2. The van der Waals surface area contributed by atoms with Crippen LogP contribution in [0.5, 0.6) is 0 Å². The first-order valence-corrected chi connectivity index (χ1v) is 9.11. The van der Waals surface area contributed by atoms with E-state index in [1.165, 1.54) is 0 Å². The van der Waals surface area contributed by atoms with Crippen LogP contribution in [0.3, 0.4) is 0 Å². The van der Waals surface area contributed by atoms with Crippen molar-refractivity contribution >= 4 is 11.9 Å². The van der Waals surface area contributed by atoms with Crippen molar-refractivity contribution < 1.29 is 24.2 Å². The van der Waals surface area contributed by atoms with Crippen molar-refractivity contribution in [2.24, 2.45) is 23.7 Å². The maximum Gasteiger partial charge on any atom is 0.333 e. The van der Waals surface area contributed by atoms with Crippen LogP contribution in [0.4, 0.5) is 0 Å². The molecule has 0 amide bonds. The summed E-state index contributed by atoms with van der Waals surface area (Å²) in [7, 11) is 0. The Labute approximate surface area is 149 Å². The van der Waals surface area contributed by atoms with Crippen molar-refractivity contribution in [1.29, 1.82) is 0 Å². The SMILES string of the molecule is C/C=C(\C)C(=O)O[C@@H]1C[C@@H]2C(C)=C[C@@H]3OC(=O)[C@H](C)[C@H]3C[C@H]2[C@]1(C)O. The lowest BCUT2D eigenvalue weighted by Gasteiger charge is -2.33. The summed E-state index contributed by atoms with van der Waals surface area (Å²) in [5.41, 5.74) is 0.531. The van der Waals surface area contributed by atoms with E-state index in [-0.39, 0.29) is 41.7 Å². The third-order valence-electron chi connectivity index (χ3n) is 6.59. The molecule has 0 aromatic rings. The molecule has 2 aliphatic carbocycles. The summed E-state index contributed by atoms with van der Waals surface area (Å²) in [5, 5.41) is 11.2. The largest absolute Gasteiger partial charge is 0.458 e. The van der Waals surface area contributed by atoms with E-state index < -0.39 is 11.7 Å². The van der Waals surface area contributed by atoms with E-state index in [1.807, 2.05) is 19.9 Å². The summed E-state index contributed by atoms with van der Waals surface area (Å²) < 4.78 is 11.1. The lowest BCUT2D eigenvalue weighted by atomic mass is 9.76. The van der Waals surface area contributed by atoms with E-state index in [9.17, 15) is 14.7 Å². The van der Waals surface area contributed by atoms with Gasteiger partial charge in [-0.25, -0.2) is 4.79 Å². The molecule has 0 aromatic heterocycles. The molecule has 0 unspecified atom stereocenters. The Hall–Kier alpha value is -1.62. The van der Waals surface area contributed by atoms with Crippen molar-refractivity contribution in [3.8, 4) is 0 Å². The van der Waals surface area contributed by atoms with Crippen LogP contribution in [0.25, 0.3) is 0 Å². The summed E-state index contributed by atoms with van der Waals surface area (Å²) >= 11 is 0. The standard InChI is InChI=1S/C20H28O5/c1-6-10(2)18(21)25-17-9-13-11(3)7-16-14(12(4)19(22)24-16)8-15(13)20(17,5)23/h6-7,12-17,23H,8-9H2,1-5H3/b10-6+/t12-,13-,14-,15-,16+,17-,20+/m1/s1. The van der Waals surface area contributed by atoms with Gasteiger partial charge in [0, 0.05) is 11.5 Å². The molecule has 0 spiro atoms. The molecule has 1 heterocycles. The number of hydrogen-bond donors (Lipinski definition) is 1. The quantitative estimate of drug-likeness (QED) is 0.472. The van der Waals surface area contributed by atoms with E-state index in [4.69, 9.17) is 9.47 Å². The molecule has 3 rings (SSSR count). The van der Waals surface area contributed by atoms with Gasteiger partial charge in [0.2, 0.25) is 0 Å². The summed E-state index contributed by atoms with van der Waals surface area (Å²) in [5.74, 6) is -0.570. The van der Waals surface area contributed by atoms with Crippen molar-refractivity contribution in [3.63, 3.8) is 0 Å². The first kappa shape index (κ1) is 18.2. The fourth-order valence-electron chi connectivity index (χ4n) is 4.65. The molecule has 1 saturated heterocycles. The number of ether oxygens (including phenoxy) is 2. The van der Waals surface area contributed by atoms with E-state index in [0.29, 0.717) is 18.4 Å². The number of allylic oxidation sites excluding steroid dienone is 2. The van der Waals surface area contributed by atoms with E-state index >= 15 is 0 Å². The van der Waals surface area contributed by atoms with Crippen molar-refractivity contribution in [2.75, 3.05) is 0 Å². The molecule has 5 nitrogen and oxygen atoms in total. The van der Waals surface area contributed by atoms with Crippen LogP contribution in [0.15, 0.2) is 23.3 Å². The second kappa shape index (κ2) is 6.27. The average molecular weight is 348 g/mol. The normalized spacial score (nSPS) is 43.7. The molecule has 25 heavy (non-hydrogen) atoms. The molecule has 138 valence electrons. The van der Waals surface area contributed by atoms with Gasteiger partial charge in [0.1, 0.15) is 17.8 Å². The van der Waals surface area contributed by atoms with E-state index in [0.717, 1.165) is 5.57 Å². The van der Waals surface area contributed by atoms with Crippen molar-refractivity contribution in [2.45, 2.75) is 65.3 Å². The maximum atomic E-state index is 12.2. The van der Waals surface area contributed by atoms with Crippen LogP contribution in [-0.2, 0) is 19.1 Å². The van der Waals surface area contributed by atoms with Gasteiger partial charge in [-0.15, -0.1) is 0 Å². The van der Waals surface area contributed by atoms with Gasteiger partial charge in [-0.2, -0.15) is 0 Å². The first-order valence-electron chi connectivity index (χ1n) is 9.11. The van der Waals surface area contributed by atoms with Gasteiger partial charge in [-0.05, 0) is 58.4 Å². The average Bonchev–Trinajstić information content (AvgIpc) is 2.89. The summed E-state index contributed by atoms with van der Waals surface area (Å²) in [6.45, 7) is 9.18. The molecular formula is C20H28O5. The Morgan fingerprint density at radius 2 is 2.12 bits per heavy atom. The minimum atomic E-state index is -1.12. The highest BCUT2D eigenvalue weighted by atomic mass is 16.6. The zero-order valence-corrected chi connectivity index (χ0v) is 15.6. The van der Waals surface area contributed by atoms with Crippen LogP contribution in [-0.4, -0.2) is 34.9 Å². The molecule has 1 N–H and O–H groups in total. The van der Waals surface area contributed by atoms with Gasteiger partial charge in [-0.1, -0.05) is 18.6 Å². The number of carbonyl (C=O) groups is 2. The number of fused-ring (bicyclic) bond motifs is 2. The van der Waals surface area contributed by atoms with Crippen LogP contribution in [0.1, 0.15) is 47.5 Å². The second-order valence-corrected chi connectivity index (χ2v) is 8.04. The van der Waals surface area contributed by atoms with Gasteiger partial charge in [0.15, 0.2) is 0 Å². The monoisotopic (exact) mass is 348 g/mol. The van der Waals surface area contributed by atoms with Gasteiger partial charge in [0.05, 0.1) is 5.92 Å². The Morgan fingerprint density at radius 3 is 2.76 bits per heavy atom. The fourth-order valence-corrected chi connectivity index (χ4v) is 4.65. The van der Waals surface area contributed by atoms with Crippen molar-refractivity contribution in [3.05, 3.63) is 23.3 Å². The summed E-state index contributed by atoms with van der Waals surface area (Å²) in [6, 6.07) is 0. The lowest BCUT2D eigenvalue weighted by molar-refractivity contribution is -0.158. The Kier molecular flexibility index (Phi) is 4.56. The third-order valence-corrected chi connectivity index (χ3v) is 6.59. The molecular weight excluding hydrogens is 320 g/mol. The molecule has 1 saturated carbocycles. The van der Waals surface area contributed by atoms with Crippen LogP contribution in [0, 0.1) is 23.7 Å². The highest BCUT2D eigenvalue weighted by molar-refractivity contribution is 5.87. The molecule has 0 aromatic carbocycles. The van der Waals surface area contributed by atoms with Gasteiger partial charge in [0.25, 0.3) is 0 Å².